The molecule has 98 valence electrons. The molecule has 2 aromatic carbocycles. The van der Waals surface area contributed by atoms with Gasteiger partial charge in [0.25, 0.3) is 0 Å². The van der Waals surface area contributed by atoms with E-state index in [1.54, 1.807) is 0 Å². The van der Waals surface area contributed by atoms with E-state index in [0.29, 0.717) is 5.56 Å². The van der Waals surface area contributed by atoms with E-state index in [2.05, 4.69) is 0 Å². The van der Waals surface area contributed by atoms with E-state index < -0.39 is 24.6 Å². The van der Waals surface area contributed by atoms with Crippen molar-refractivity contribution in [3.63, 3.8) is 0 Å². The SMILES string of the molecule is [2H]C([2H])([2H])C(C(=O)O)c1ccc(-c2ccc(O)cc2)c(F)c1. The topological polar surface area (TPSA) is 57.5 Å². The van der Waals surface area contributed by atoms with Crippen LogP contribution in [-0.4, -0.2) is 16.2 Å². The number of rotatable bonds is 3. The van der Waals surface area contributed by atoms with Crippen LogP contribution >= 0.6 is 0 Å². The van der Waals surface area contributed by atoms with Crippen molar-refractivity contribution >= 4 is 5.97 Å². The minimum Gasteiger partial charge on any atom is -0.508 e. The molecular formula is C15H13FO3. The average Bonchev–Trinajstić information content (AvgIpc) is 2.38. The third kappa shape index (κ3) is 2.73. The van der Waals surface area contributed by atoms with Gasteiger partial charge in [0.05, 0.1) is 5.92 Å². The maximum Gasteiger partial charge on any atom is 0.310 e. The van der Waals surface area contributed by atoms with Gasteiger partial charge in [0, 0.05) is 9.68 Å². The fraction of sp³-hybridized carbons (Fsp3) is 0.133. The van der Waals surface area contributed by atoms with Crippen LogP contribution in [0.15, 0.2) is 42.5 Å². The van der Waals surface area contributed by atoms with Gasteiger partial charge in [-0.25, -0.2) is 4.39 Å². The number of halogens is 1. The van der Waals surface area contributed by atoms with E-state index >= 15 is 0 Å². The maximum absolute atomic E-state index is 14.2. The molecule has 0 saturated heterocycles. The zero-order chi connectivity index (χ0) is 16.5. The number of carboxylic acids is 1. The Balaban J connectivity index is 2.45. The summed E-state index contributed by atoms with van der Waals surface area (Å²) in [5.74, 6) is -4.00. The molecule has 0 aliphatic rings. The molecule has 1 unspecified atom stereocenters. The number of benzene rings is 2. The standard InChI is InChI=1S/C15H13FO3/c1-9(15(18)19)11-4-7-13(14(16)8-11)10-2-5-12(17)6-3-10/h2-9,17H,1H3,(H,18,19)/i1D3. The molecule has 3 nitrogen and oxygen atoms in total. The lowest BCUT2D eigenvalue weighted by atomic mass is 9.97. The lowest BCUT2D eigenvalue weighted by Gasteiger charge is -2.09. The molecule has 0 amide bonds. The highest BCUT2D eigenvalue weighted by molar-refractivity contribution is 5.76. The first-order valence-electron chi connectivity index (χ1n) is 7.02. The Morgan fingerprint density at radius 2 is 1.95 bits per heavy atom. The van der Waals surface area contributed by atoms with Crippen molar-refractivity contribution in [2.45, 2.75) is 12.8 Å². The lowest BCUT2D eigenvalue weighted by Crippen LogP contribution is -2.07. The van der Waals surface area contributed by atoms with Crippen molar-refractivity contribution in [1.82, 2.24) is 0 Å². The van der Waals surface area contributed by atoms with Gasteiger partial charge in [-0.2, -0.15) is 0 Å². The number of carbonyl (C=O) groups is 1. The first-order valence-corrected chi connectivity index (χ1v) is 5.52. The van der Waals surface area contributed by atoms with Crippen LogP contribution < -0.4 is 0 Å². The predicted molar refractivity (Wildman–Crippen MR) is 69.6 cm³/mol. The molecule has 0 aliphatic heterocycles. The average molecular weight is 263 g/mol. The van der Waals surface area contributed by atoms with E-state index in [0.717, 1.165) is 6.07 Å². The monoisotopic (exact) mass is 263 g/mol. The third-order valence-corrected chi connectivity index (χ3v) is 2.75. The van der Waals surface area contributed by atoms with Gasteiger partial charge in [-0.1, -0.05) is 24.3 Å². The Labute approximate surface area is 114 Å². The van der Waals surface area contributed by atoms with Crippen molar-refractivity contribution in [3.05, 3.63) is 53.8 Å². The predicted octanol–water partition coefficient (Wildman–Crippen LogP) is 3.39. The highest BCUT2D eigenvalue weighted by Gasteiger charge is 2.15. The summed E-state index contributed by atoms with van der Waals surface area (Å²) >= 11 is 0. The molecule has 19 heavy (non-hydrogen) atoms. The fourth-order valence-electron chi connectivity index (χ4n) is 1.73. The Morgan fingerprint density at radius 1 is 1.26 bits per heavy atom. The number of aliphatic carboxylic acids is 1. The molecule has 1 atom stereocenters. The van der Waals surface area contributed by atoms with E-state index in [-0.39, 0.29) is 16.9 Å². The van der Waals surface area contributed by atoms with E-state index in [1.165, 1.54) is 36.4 Å². The molecule has 0 heterocycles. The number of hydrogen-bond acceptors (Lipinski definition) is 2. The van der Waals surface area contributed by atoms with Gasteiger partial charge >= 0.3 is 5.97 Å². The summed E-state index contributed by atoms with van der Waals surface area (Å²) in [5.41, 5.74) is 0.563. The Bertz CT molecular complexity index is 696. The second-order valence-corrected chi connectivity index (χ2v) is 4.06. The van der Waals surface area contributed by atoms with Crippen LogP contribution in [0.2, 0.25) is 0 Å². The fourth-order valence-corrected chi connectivity index (χ4v) is 1.73. The van der Waals surface area contributed by atoms with E-state index in [9.17, 15) is 14.3 Å². The van der Waals surface area contributed by atoms with Crippen molar-refractivity contribution in [2.24, 2.45) is 0 Å². The number of carboxylic acid groups (broad SMARTS) is 1. The summed E-state index contributed by atoms with van der Waals surface area (Å²) in [6, 6.07) is 9.34. The minimum absolute atomic E-state index is 0.0362. The van der Waals surface area contributed by atoms with Gasteiger partial charge in [-0.05, 0) is 36.2 Å². The highest BCUT2D eigenvalue weighted by Crippen LogP contribution is 2.27. The summed E-state index contributed by atoms with van der Waals surface area (Å²) in [5, 5.41) is 18.3. The van der Waals surface area contributed by atoms with Gasteiger partial charge in [-0.15, -0.1) is 0 Å². The van der Waals surface area contributed by atoms with Crippen LogP contribution in [0.4, 0.5) is 4.39 Å². The van der Waals surface area contributed by atoms with Gasteiger partial charge in [0.2, 0.25) is 0 Å². The van der Waals surface area contributed by atoms with Crippen LogP contribution in [0.3, 0.4) is 0 Å². The molecule has 0 spiro atoms. The van der Waals surface area contributed by atoms with Gasteiger partial charge in [0.15, 0.2) is 0 Å². The number of phenols is 1. The largest absolute Gasteiger partial charge is 0.508 e. The minimum atomic E-state index is -2.77. The Hall–Kier alpha value is -2.36. The number of hydrogen-bond donors (Lipinski definition) is 2. The maximum atomic E-state index is 14.2. The molecule has 0 fully saturated rings. The molecule has 2 aromatic rings. The summed E-state index contributed by atoms with van der Waals surface area (Å²) in [6.45, 7) is -2.77. The summed E-state index contributed by atoms with van der Waals surface area (Å²) < 4.78 is 36.0. The van der Waals surface area contributed by atoms with Crippen LogP contribution in [0.25, 0.3) is 11.1 Å². The smallest absolute Gasteiger partial charge is 0.310 e. The quantitative estimate of drug-likeness (QED) is 0.892. The van der Waals surface area contributed by atoms with Crippen molar-refractivity contribution in [3.8, 4) is 16.9 Å². The molecule has 2 rings (SSSR count). The lowest BCUT2D eigenvalue weighted by molar-refractivity contribution is -0.138. The zero-order valence-electron chi connectivity index (χ0n) is 12.8. The first kappa shape index (κ1) is 9.55. The van der Waals surface area contributed by atoms with Crippen LogP contribution in [0.1, 0.15) is 22.4 Å². The van der Waals surface area contributed by atoms with Gasteiger partial charge in [0.1, 0.15) is 11.6 Å². The summed E-state index contributed by atoms with van der Waals surface area (Å²) in [6.07, 6.45) is 0. The molecule has 0 aliphatic carbocycles. The first-order chi connectivity index (χ1) is 10.2. The zero-order valence-corrected chi connectivity index (χ0v) is 9.80. The molecule has 0 bridgehead atoms. The Morgan fingerprint density at radius 3 is 2.47 bits per heavy atom. The third-order valence-electron chi connectivity index (χ3n) is 2.75. The molecule has 2 N–H and O–H groups in total. The number of aromatic hydroxyl groups is 1. The normalized spacial score (nSPS) is 15.1. The molecule has 4 heteroatoms. The number of phenolic OH excluding ortho intramolecular Hbond substituents is 1. The van der Waals surface area contributed by atoms with Crippen LogP contribution in [0, 0.1) is 5.82 Å². The highest BCUT2D eigenvalue weighted by atomic mass is 19.1. The summed E-state index contributed by atoms with van der Waals surface area (Å²) in [7, 11) is 0. The molecular weight excluding hydrogens is 247 g/mol. The van der Waals surface area contributed by atoms with E-state index in [1.807, 2.05) is 0 Å². The Kier molecular flexibility index (Phi) is 2.56. The van der Waals surface area contributed by atoms with Crippen molar-refractivity contribution in [2.75, 3.05) is 0 Å². The van der Waals surface area contributed by atoms with Gasteiger partial charge < -0.3 is 10.2 Å². The molecule has 0 saturated carbocycles. The van der Waals surface area contributed by atoms with Gasteiger partial charge in [-0.3, -0.25) is 4.79 Å². The van der Waals surface area contributed by atoms with Crippen LogP contribution in [0.5, 0.6) is 5.75 Å². The van der Waals surface area contributed by atoms with Crippen molar-refractivity contribution < 1.29 is 23.5 Å². The van der Waals surface area contributed by atoms with E-state index in [4.69, 9.17) is 9.22 Å². The second-order valence-electron chi connectivity index (χ2n) is 4.06. The van der Waals surface area contributed by atoms with Crippen molar-refractivity contribution in [1.29, 1.82) is 0 Å². The summed E-state index contributed by atoms with van der Waals surface area (Å²) in [4.78, 5) is 11.1. The molecule has 0 radical (unpaired) electrons. The second kappa shape index (κ2) is 5.10. The van der Waals surface area contributed by atoms with Crippen LogP contribution in [-0.2, 0) is 4.79 Å². The molecule has 0 aromatic heterocycles.